The molecule has 0 radical (unpaired) electrons. The second-order valence-corrected chi connectivity index (χ2v) is 8.77. The molecule has 4 aliphatic rings. The van der Waals surface area contributed by atoms with E-state index in [-0.39, 0.29) is 23.6 Å². The molecule has 118 valence electrons. The van der Waals surface area contributed by atoms with Gasteiger partial charge in [-0.15, -0.1) is 0 Å². The van der Waals surface area contributed by atoms with Gasteiger partial charge in [-0.3, -0.25) is 0 Å². The Labute approximate surface area is 134 Å². The molecule has 2 nitrogen and oxygen atoms in total. The third-order valence-corrected chi connectivity index (χ3v) is 6.79. The molecule has 0 spiro atoms. The highest BCUT2D eigenvalue weighted by Crippen LogP contribution is 2.81. The lowest BCUT2D eigenvalue weighted by Crippen LogP contribution is -2.66. The van der Waals surface area contributed by atoms with Crippen LogP contribution in [0.25, 0.3) is 0 Å². The molecular weight excluding hydrogens is 271 g/mol. The minimum absolute atomic E-state index is 0.0202. The first-order chi connectivity index (χ1) is 10.2. The molecule has 5 rings (SSSR count). The lowest BCUT2D eigenvalue weighted by atomic mass is 9.23. The summed E-state index contributed by atoms with van der Waals surface area (Å²) in [6, 6.07) is 8.98. The monoisotopic (exact) mass is 298 g/mol. The van der Waals surface area contributed by atoms with Gasteiger partial charge in [0.15, 0.2) is 0 Å². The standard InChI is InChI=1S/C19H27BO2/c1-6-14-9-7-8-10-15(14)18-11-19(12-18,13-18)20-21-16(2,3)17(4,5)22-20/h7-10H,6,11-13H2,1-5H3. The molecule has 0 unspecified atom stereocenters. The Bertz CT molecular complexity index is 584. The molecule has 1 heterocycles. The Kier molecular flexibility index (Phi) is 2.81. The van der Waals surface area contributed by atoms with Crippen molar-refractivity contribution in [3.05, 3.63) is 35.4 Å². The van der Waals surface area contributed by atoms with Crippen LogP contribution < -0.4 is 0 Å². The van der Waals surface area contributed by atoms with Gasteiger partial charge in [-0.2, -0.15) is 0 Å². The van der Waals surface area contributed by atoms with E-state index in [0.29, 0.717) is 5.41 Å². The van der Waals surface area contributed by atoms with Crippen LogP contribution in [0, 0.1) is 0 Å². The van der Waals surface area contributed by atoms with Crippen molar-refractivity contribution in [3.63, 3.8) is 0 Å². The molecule has 0 N–H and O–H groups in total. The van der Waals surface area contributed by atoms with Crippen molar-refractivity contribution >= 4 is 7.12 Å². The molecular formula is C19H27BO2. The first-order valence-corrected chi connectivity index (χ1v) is 8.68. The second-order valence-electron chi connectivity index (χ2n) is 8.77. The predicted molar refractivity (Wildman–Crippen MR) is 90.1 cm³/mol. The van der Waals surface area contributed by atoms with Crippen molar-refractivity contribution in [2.24, 2.45) is 0 Å². The van der Waals surface area contributed by atoms with Crippen molar-refractivity contribution in [1.29, 1.82) is 0 Å². The normalized spacial score (nSPS) is 37.6. The highest BCUT2D eigenvalue weighted by atomic mass is 16.7. The maximum absolute atomic E-state index is 6.32. The maximum Gasteiger partial charge on any atom is 0.464 e. The summed E-state index contributed by atoms with van der Waals surface area (Å²) in [6.07, 6.45) is 4.82. The van der Waals surface area contributed by atoms with Crippen molar-refractivity contribution in [2.75, 3.05) is 0 Å². The summed E-state index contributed by atoms with van der Waals surface area (Å²) in [5.74, 6) is 0. The summed E-state index contributed by atoms with van der Waals surface area (Å²) in [6.45, 7) is 10.9. The predicted octanol–water partition coefficient (Wildman–Crippen LogP) is 4.52. The Balaban J connectivity index is 1.53. The fraction of sp³-hybridized carbons (Fsp3) is 0.684. The molecule has 1 aromatic carbocycles. The summed E-state index contributed by atoms with van der Waals surface area (Å²) in [7, 11) is -0.0202. The van der Waals surface area contributed by atoms with Gasteiger partial charge in [-0.05, 0) is 69.9 Å². The number of benzene rings is 1. The summed E-state index contributed by atoms with van der Waals surface area (Å²) >= 11 is 0. The summed E-state index contributed by atoms with van der Waals surface area (Å²) in [5, 5.41) is 0.270. The molecule has 3 aliphatic carbocycles. The lowest BCUT2D eigenvalue weighted by Gasteiger charge is -2.71. The van der Waals surface area contributed by atoms with Crippen LogP contribution in [-0.4, -0.2) is 18.3 Å². The van der Waals surface area contributed by atoms with E-state index in [0.717, 1.165) is 6.42 Å². The molecule has 1 aromatic rings. The minimum atomic E-state index is -0.207. The van der Waals surface area contributed by atoms with Gasteiger partial charge in [-0.1, -0.05) is 31.2 Å². The number of aryl methyl sites for hydroxylation is 1. The molecule has 3 saturated carbocycles. The Morgan fingerprint density at radius 3 is 2.05 bits per heavy atom. The first-order valence-electron chi connectivity index (χ1n) is 8.68. The van der Waals surface area contributed by atoms with Crippen molar-refractivity contribution in [2.45, 2.75) is 82.2 Å². The van der Waals surface area contributed by atoms with Gasteiger partial charge in [0.2, 0.25) is 0 Å². The fourth-order valence-corrected chi connectivity index (χ4v) is 4.84. The average Bonchev–Trinajstić information content (AvgIpc) is 2.55. The number of hydrogen-bond donors (Lipinski definition) is 0. The van der Waals surface area contributed by atoms with E-state index in [1.54, 1.807) is 5.56 Å². The van der Waals surface area contributed by atoms with E-state index in [1.165, 1.54) is 24.8 Å². The first kappa shape index (κ1) is 14.8. The van der Waals surface area contributed by atoms with E-state index in [4.69, 9.17) is 9.31 Å². The average molecular weight is 298 g/mol. The topological polar surface area (TPSA) is 18.5 Å². The highest BCUT2D eigenvalue weighted by Gasteiger charge is 2.76. The number of rotatable bonds is 3. The van der Waals surface area contributed by atoms with E-state index in [2.05, 4.69) is 58.9 Å². The third-order valence-electron chi connectivity index (χ3n) is 6.79. The van der Waals surface area contributed by atoms with Crippen molar-refractivity contribution in [1.82, 2.24) is 0 Å². The Morgan fingerprint density at radius 2 is 1.50 bits per heavy atom. The van der Waals surface area contributed by atoms with Crippen LogP contribution in [0.3, 0.4) is 0 Å². The smallest absolute Gasteiger partial charge is 0.403 e. The SMILES string of the molecule is CCc1ccccc1C12CC(B3OC(C)(C)C(C)(C)O3)(C1)C2. The van der Waals surface area contributed by atoms with E-state index >= 15 is 0 Å². The highest BCUT2D eigenvalue weighted by molar-refractivity contribution is 6.51. The zero-order chi connectivity index (χ0) is 15.8. The van der Waals surface area contributed by atoms with Crippen LogP contribution in [0.15, 0.2) is 24.3 Å². The molecule has 1 aliphatic heterocycles. The van der Waals surface area contributed by atoms with Crippen molar-refractivity contribution in [3.8, 4) is 0 Å². The van der Waals surface area contributed by atoms with Crippen LogP contribution in [0.2, 0.25) is 5.31 Å². The molecule has 4 fully saturated rings. The largest absolute Gasteiger partial charge is 0.464 e. The van der Waals surface area contributed by atoms with Gasteiger partial charge in [-0.25, -0.2) is 0 Å². The van der Waals surface area contributed by atoms with Gasteiger partial charge in [0.25, 0.3) is 0 Å². The van der Waals surface area contributed by atoms with Gasteiger partial charge in [0, 0.05) is 5.31 Å². The molecule has 0 atom stereocenters. The van der Waals surface area contributed by atoms with Crippen LogP contribution in [0.5, 0.6) is 0 Å². The van der Waals surface area contributed by atoms with Crippen LogP contribution in [0.4, 0.5) is 0 Å². The molecule has 2 bridgehead atoms. The van der Waals surface area contributed by atoms with Gasteiger partial charge < -0.3 is 9.31 Å². The quantitative estimate of drug-likeness (QED) is 0.764. The zero-order valence-electron chi connectivity index (χ0n) is 14.5. The minimum Gasteiger partial charge on any atom is -0.403 e. The van der Waals surface area contributed by atoms with Crippen molar-refractivity contribution < 1.29 is 9.31 Å². The van der Waals surface area contributed by atoms with E-state index in [1.807, 2.05) is 0 Å². The van der Waals surface area contributed by atoms with Crippen LogP contribution >= 0.6 is 0 Å². The van der Waals surface area contributed by atoms with E-state index in [9.17, 15) is 0 Å². The molecule has 22 heavy (non-hydrogen) atoms. The maximum atomic E-state index is 6.32. The summed E-state index contributed by atoms with van der Waals surface area (Å²) in [5.41, 5.74) is 3.10. The van der Waals surface area contributed by atoms with Crippen LogP contribution in [0.1, 0.15) is 65.0 Å². The molecule has 0 aromatic heterocycles. The summed E-state index contributed by atoms with van der Waals surface area (Å²) < 4.78 is 12.6. The Morgan fingerprint density at radius 1 is 0.955 bits per heavy atom. The Hall–Kier alpha value is -0.795. The molecule has 3 heteroatoms. The van der Waals surface area contributed by atoms with E-state index < -0.39 is 0 Å². The van der Waals surface area contributed by atoms with Crippen LogP contribution in [-0.2, 0) is 21.1 Å². The van der Waals surface area contributed by atoms with Gasteiger partial charge in [0.05, 0.1) is 11.2 Å². The zero-order valence-corrected chi connectivity index (χ0v) is 14.5. The van der Waals surface area contributed by atoms with Gasteiger partial charge >= 0.3 is 7.12 Å². The molecule has 1 saturated heterocycles. The number of hydrogen-bond acceptors (Lipinski definition) is 2. The third kappa shape index (κ3) is 1.70. The second kappa shape index (κ2) is 4.18. The van der Waals surface area contributed by atoms with Gasteiger partial charge in [0.1, 0.15) is 0 Å². The lowest BCUT2D eigenvalue weighted by molar-refractivity contribution is -0.0389. The summed E-state index contributed by atoms with van der Waals surface area (Å²) in [4.78, 5) is 0. The fourth-order valence-electron chi connectivity index (χ4n) is 4.84. The molecule has 0 amide bonds.